The van der Waals surface area contributed by atoms with E-state index in [-0.39, 0.29) is 30.1 Å². The van der Waals surface area contributed by atoms with Gasteiger partial charge in [0.2, 0.25) is 5.91 Å². The first kappa shape index (κ1) is 21.6. The number of imide groups is 1. The molecule has 1 N–H and O–H groups in total. The van der Waals surface area contributed by atoms with Gasteiger partial charge in [-0.05, 0) is 34.5 Å². The minimum Gasteiger partial charge on any atom is -0.353 e. The van der Waals surface area contributed by atoms with E-state index in [1.807, 2.05) is 91.0 Å². The van der Waals surface area contributed by atoms with Crippen LogP contribution in [-0.2, 0) is 9.59 Å². The number of hydrogen-bond acceptors (Lipinski definition) is 4. The van der Waals surface area contributed by atoms with Crippen molar-refractivity contribution in [3.05, 3.63) is 113 Å². The number of amides is 3. The van der Waals surface area contributed by atoms with Gasteiger partial charge in [0.15, 0.2) is 0 Å². The normalized spacial score (nSPS) is 14.9. The summed E-state index contributed by atoms with van der Waals surface area (Å²) in [6, 6.07) is 28.5. The molecule has 6 heteroatoms. The van der Waals surface area contributed by atoms with Crippen LogP contribution in [0, 0.1) is 0 Å². The predicted molar refractivity (Wildman–Crippen MR) is 127 cm³/mol. The number of nitrogens with zero attached hydrogens (tertiary/aromatic N) is 1. The number of rotatable bonds is 7. The highest BCUT2D eigenvalue weighted by molar-refractivity contribution is 8.18. The molecule has 0 radical (unpaired) electrons. The first-order valence-electron chi connectivity index (χ1n) is 10.3. The van der Waals surface area contributed by atoms with Gasteiger partial charge in [-0.15, -0.1) is 0 Å². The van der Waals surface area contributed by atoms with E-state index in [1.165, 1.54) is 4.90 Å². The summed E-state index contributed by atoms with van der Waals surface area (Å²) in [5, 5.41) is 2.57. The lowest BCUT2D eigenvalue weighted by Crippen LogP contribution is -2.39. The van der Waals surface area contributed by atoms with Crippen LogP contribution in [-0.4, -0.2) is 35.0 Å². The van der Waals surface area contributed by atoms with Crippen LogP contribution in [0.15, 0.2) is 95.9 Å². The van der Waals surface area contributed by atoms with Crippen molar-refractivity contribution in [2.75, 3.05) is 13.1 Å². The third-order valence-corrected chi connectivity index (χ3v) is 6.04. The van der Waals surface area contributed by atoms with Gasteiger partial charge in [-0.3, -0.25) is 19.3 Å². The van der Waals surface area contributed by atoms with Gasteiger partial charge in [-0.1, -0.05) is 91.0 Å². The second-order valence-corrected chi connectivity index (χ2v) is 8.28. The monoisotopic (exact) mass is 442 g/mol. The summed E-state index contributed by atoms with van der Waals surface area (Å²) in [5.74, 6) is -0.972. The van der Waals surface area contributed by atoms with Crippen molar-refractivity contribution in [1.82, 2.24) is 10.2 Å². The number of hydrogen-bond donors (Lipinski definition) is 1. The summed E-state index contributed by atoms with van der Waals surface area (Å²) in [5.41, 5.74) is 2.63. The summed E-state index contributed by atoms with van der Waals surface area (Å²) >= 11 is 0.921. The molecule has 3 aromatic carbocycles. The Morgan fingerprint density at radius 3 is 1.94 bits per heavy atom. The Hall–Kier alpha value is -3.64. The molecule has 0 aromatic heterocycles. The standard InChI is InChI=1S/C26H22N2O3S/c29-24(23(20-12-6-2-7-13-20)21-14-8-3-9-15-21)27-16-17-28-25(30)22(32-26(28)31)18-19-10-4-1-5-11-19/h1-15,18,23H,16-17H2,(H,27,29). The first-order chi connectivity index (χ1) is 15.6. The van der Waals surface area contributed by atoms with Crippen LogP contribution < -0.4 is 5.32 Å². The van der Waals surface area contributed by atoms with Gasteiger partial charge in [0, 0.05) is 13.1 Å². The SMILES string of the molecule is O=C(NCCN1C(=O)SC(=Cc2ccccc2)C1=O)C(c1ccccc1)c1ccccc1. The van der Waals surface area contributed by atoms with Gasteiger partial charge in [0.25, 0.3) is 11.1 Å². The molecular formula is C26H22N2O3S. The van der Waals surface area contributed by atoms with Crippen molar-refractivity contribution < 1.29 is 14.4 Å². The van der Waals surface area contributed by atoms with E-state index in [4.69, 9.17) is 0 Å². The fraction of sp³-hybridized carbons (Fsp3) is 0.115. The average molecular weight is 443 g/mol. The second kappa shape index (κ2) is 10.1. The maximum Gasteiger partial charge on any atom is 0.293 e. The molecule has 1 fully saturated rings. The molecule has 1 aliphatic heterocycles. The fourth-order valence-corrected chi connectivity index (χ4v) is 4.44. The van der Waals surface area contributed by atoms with Crippen molar-refractivity contribution in [2.45, 2.75) is 5.92 Å². The van der Waals surface area contributed by atoms with Gasteiger partial charge in [-0.2, -0.15) is 0 Å². The summed E-state index contributed by atoms with van der Waals surface area (Å²) in [7, 11) is 0. The fourth-order valence-electron chi connectivity index (χ4n) is 3.57. The Morgan fingerprint density at radius 2 is 1.38 bits per heavy atom. The molecule has 160 valence electrons. The van der Waals surface area contributed by atoms with E-state index in [9.17, 15) is 14.4 Å². The molecule has 0 saturated carbocycles. The van der Waals surface area contributed by atoms with E-state index in [2.05, 4.69) is 5.32 Å². The zero-order valence-corrected chi connectivity index (χ0v) is 18.1. The summed E-state index contributed by atoms with van der Waals surface area (Å²) in [6.07, 6.45) is 1.71. The van der Waals surface area contributed by atoms with E-state index in [0.29, 0.717) is 4.91 Å². The van der Waals surface area contributed by atoms with Crippen molar-refractivity contribution in [2.24, 2.45) is 0 Å². The molecule has 0 spiro atoms. The van der Waals surface area contributed by atoms with E-state index >= 15 is 0 Å². The number of carbonyl (C=O) groups is 3. The summed E-state index contributed by atoms with van der Waals surface area (Å²) in [4.78, 5) is 39.7. The van der Waals surface area contributed by atoms with E-state index in [1.54, 1.807) is 6.08 Å². The van der Waals surface area contributed by atoms with Crippen LogP contribution in [0.25, 0.3) is 6.08 Å². The Balaban J connectivity index is 1.42. The van der Waals surface area contributed by atoms with Gasteiger partial charge in [0.05, 0.1) is 10.8 Å². The lowest BCUT2D eigenvalue weighted by atomic mass is 9.90. The molecule has 1 aliphatic rings. The van der Waals surface area contributed by atoms with Crippen molar-refractivity contribution in [3.63, 3.8) is 0 Å². The number of thioether (sulfide) groups is 1. The molecule has 0 aliphatic carbocycles. The Labute approximate surface area is 191 Å². The minimum atomic E-state index is -0.467. The maximum atomic E-state index is 13.1. The number of carbonyl (C=O) groups excluding carboxylic acids is 3. The second-order valence-electron chi connectivity index (χ2n) is 7.29. The van der Waals surface area contributed by atoms with Crippen LogP contribution >= 0.6 is 11.8 Å². The molecule has 4 rings (SSSR count). The van der Waals surface area contributed by atoms with Crippen LogP contribution in [0.2, 0.25) is 0 Å². The molecule has 32 heavy (non-hydrogen) atoms. The molecule has 1 saturated heterocycles. The molecule has 3 amide bonds. The predicted octanol–water partition coefficient (Wildman–Crippen LogP) is 4.67. The molecule has 0 atom stereocenters. The maximum absolute atomic E-state index is 13.1. The number of benzene rings is 3. The number of nitrogens with one attached hydrogen (secondary N) is 1. The van der Waals surface area contributed by atoms with Crippen molar-refractivity contribution in [3.8, 4) is 0 Å². The highest BCUT2D eigenvalue weighted by atomic mass is 32.2. The van der Waals surface area contributed by atoms with Crippen LogP contribution in [0.4, 0.5) is 4.79 Å². The van der Waals surface area contributed by atoms with Gasteiger partial charge < -0.3 is 5.32 Å². The van der Waals surface area contributed by atoms with Crippen LogP contribution in [0.5, 0.6) is 0 Å². The smallest absolute Gasteiger partial charge is 0.293 e. The van der Waals surface area contributed by atoms with E-state index < -0.39 is 5.92 Å². The highest BCUT2D eigenvalue weighted by Crippen LogP contribution is 2.32. The van der Waals surface area contributed by atoms with Crippen LogP contribution in [0.3, 0.4) is 0 Å². The van der Waals surface area contributed by atoms with Gasteiger partial charge in [0.1, 0.15) is 0 Å². The van der Waals surface area contributed by atoms with Crippen molar-refractivity contribution in [1.29, 1.82) is 0 Å². The minimum absolute atomic E-state index is 0.124. The third kappa shape index (κ3) is 4.98. The van der Waals surface area contributed by atoms with Gasteiger partial charge in [-0.25, -0.2) is 0 Å². The first-order valence-corrected chi connectivity index (χ1v) is 11.1. The van der Waals surface area contributed by atoms with Gasteiger partial charge >= 0.3 is 0 Å². The van der Waals surface area contributed by atoms with Crippen LogP contribution in [0.1, 0.15) is 22.6 Å². The Bertz CT molecular complexity index is 1090. The zero-order chi connectivity index (χ0) is 22.3. The highest BCUT2D eigenvalue weighted by Gasteiger charge is 2.34. The topological polar surface area (TPSA) is 66.5 Å². The Kier molecular flexibility index (Phi) is 6.82. The molecule has 0 unspecified atom stereocenters. The zero-order valence-electron chi connectivity index (χ0n) is 17.3. The summed E-state index contributed by atoms with van der Waals surface area (Å²) < 4.78 is 0. The average Bonchev–Trinajstić information content (AvgIpc) is 3.08. The molecular weight excluding hydrogens is 420 g/mol. The third-order valence-electron chi connectivity index (χ3n) is 5.13. The largest absolute Gasteiger partial charge is 0.353 e. The molecule has 5 nitrogen and oxygen atoms in total. The molecule has 1 heterocycles. The van der Waals surface area contributed by atoms with E-state index in [0.717, 1.165) is 28.5 Å². The lowest BCUT2D eigenvalue weighted by molar-refractivity contribution is -0.124. The summed E-state index contributed by atoms with van der Waals surface area (Å²) in [6.45, 7) is 0.310. The molecule has 0 bridgehead atoms. The molecule has 3 aromatic rings. The quantitative estimate of drug-likeness (QED) is 0.540. The lowest BCUT2D eigenvalue weighted by Gasteiger charge is -2.19. The Morgan fingerprint density at radius 1 is 0.844 bits per heavy atom. The van der Waals surface area contributed by atoms with Crippen molar-refractivity contribution >= 4 is 34.9 Å².